The van der Waals surface area contributed by atoms with Gasteiger partial charge in [-0.25, -0.2) is 4.79 Å². The Morgan fingerprint density at radius 3 is 2.65 bits per heavy atom. The van der Waals surface area contributed by atoms with Crippen LogP contribution >= 0.6 is 0 Å². The van der Waals surface area contributed by atoms with Gasteiger partial charge in [0.25, 0.3) is 0 Å². The lowest BCUT2D eigenvalue weighted by atomic mass is 9.83. The number of aliphatic hydroxyl groups excluding tert-OH is 2. The van der Waals surface area contributed by atoms with Crippen LogP contribution in [0.5, 0.6) is 0 Å². The first kappa shape index (κ1) is 20.4. The minimum atomic E-state index is -1.12. The summed E-state index contributed by atoms with van der Waals surface area (Å²) >= 11 is 0. The van der Waals surface area contributed by atoms with Crippen LogP contribution in [0.2, 0.25) is 0 Å². The van der Waals surface area contributed by atoms with E-state index < -0.39 is 42.3 Å². The van der Waals surface area contributed by atoms with Crippen LogP contribution < -0.4 is 0 Å². The molecule has 6 atom stereocenters. The van der Waals surface area contributed by atoms with Crippen molar-refractivity contribution in [2.45, 2.75) is 65.0 Å². The molecule has 2 N–H and O–H groups in total. The number of ether oxygens (including phenoxy) is 2. The molecule has 2 rings (SSSR count). The van der Waals surface area contributed by atoms with Gasteiger partial charge in [0.1, 0.15) is 18.3 Å². The van der Waals surface area contributed by atoms with Crippen LogP contribution in [0, 0.1) is 11.8 Å². The number of hydrogen-bond acceptors (Lipinski definition) is 6. The number of rotatable bonds is 3. The zero-order valence-corrected chi connectivity index (χ0v) is 15.8. The van der Waals surface area contributed by atoms with Crippen LogP contribution in [-0.2, 0) is 19.1 Å². The van der Waals surface area contributed by atoms with Gasteiger partial charge in [0.05, 0.1) is 17.9 Å². The van der Waals surface area contributed by atoms with E-state index in [-0.39, 0.29) is 11.5 Å². The molecule has 1 saturated heterocycles. The van der Waals surface area contributed by atoms with Crippen molar-refractivity contribution in [2.24, 2.45) is 11.8 Å². The van der Waals surface area contributed by atoms with Gasteiger partial charge < -0.3 is 19.7 Å². The molecule has 0 saturated carbocycles. The predicted octanol–water partition coefficient (Wildman–Crippen LogP) is 2.06. The lowest BCUT2D eigenvalue weighted by Gasteiger charge is -2.32. The van der Waals surface area contributed by atoms with Crippen molar-refractivity contribution >= 4 is 11.9 Å². The Balaban J connectivity index is 2.47. The van der Waals surface area contributed by atoms with Crippen molar-refractivity contribution in [2.75, 3.05) is 0 Å². The van der Waals surface area contributed by atoms with Gasteiger partial charge in [-0.05, 0) is 43.9 Å². The molecule has 0 aromatic heterocycles. The molecule has 0 unspecified atom stereocenters. The number of aliphatic hydroxyl groups is 2. The number of fused-ring (bicyclic) bond motifs is 1. The fourth-order valence-electron chi connectivity index (χ4n) is 3.11. The summed E-state index contributed by atoms with van der Waals surface area (Å²) in [6.07, 6.45) is 0.672. The smallest absolute Gasteiger partial charge is 0.334 e. The molecular weight excluding hydrogens is 336 g/mol. The zero-order valence-electron chi connectivity index (χ0n) is 15.8. The molecule has 0 aromatic rings. The standard InChI is InChI=1S/C20H28O6/c1-6-10(2)19(23)26-18-16-13(5)20(24)25-15(16)9-12(4)14(21)8-7-11(3)17(18)22/h7,9-10,14-18,21-22H,5-6,8H2,1-4H3/b11-7-,12-9-/t10-,14-,15+,16-,17+,18-/m0/s1. The third kappa shape index (κ3) is 4.07. The molecule has 0 amide bonds. The van der Waals surface area contributed by atoms with E-state index in [2.05, 4.69) is 6.58 Å². The van der Waals surface area contributed by atoms with E-state index in [1.165, 1.54) is 0 Å². The first-order chi connectivity index (χ1) is 12.2. The second kappa shape index (κ2) is 8.18. The second-order valence-corrected chi connectivity index (χ2v) is 7.19. The fourth-order valence-corrected chi connectivity index (χ4v) is 3.11. The highest BCUT2D eigenvalue weighted by molar-refractivity contribution is 5.91. The van der Waals surface area contributed by atoms with E-state index >= 15 is 0 Å². The Kier molecular flexibility index (Phi) is 6.42. The maximum Gasteiger partial charge on any atom is 0.334 e. The minimum Gasteiger partial charge on any atom is -0.458 e. The Bertz CT molecular complexity index is 647. The highest BCUT2D eigenvalue weighted by Gasteiger charge is 2.47. The summed E-state index contributed by atoms with van der Waals surface area (Å²) in [6.45, 7) is 10.9. The molecule has 0 radical (unpaired) electrons. The average Bonchev–Trinajstić information content (AvgIpc) is 2.88. The molecule has 1 aliphatic carbocycles. The summed E-state index contributed by atoms with van der Waals surface area (Å²) in [7, 11) is 0. The summed E-state index contributed by atoms with van der Waals surface area (Å²) in [6, 6.07) is 0. The van der Waals surface area contributed by atoms with Crippen molar-refractivity contribution in [1.29, 1.82) is 0 Å². The van der Waals surface area contributed by atoms with Crippen LogP contribution in [0.1, 0.15) is 40.5 Å². The van der Waals surface area contributed by atoms with E-state index in [4.69, 9.17) is 9.47 Å². The largest absolute Gasteiger partial charge is 0.458 e. The van der Waals surface area contributed by atoms with Crippen LogP contribution in [0.4, 0.5) is 0 Å². The number of esters is 2. The van der Waals surface area contributed by atoms with Gasteiger partial charge in [-0.15, -0.1) is 0 Å². The van der Waals surface area contributed by atoms with Crippen molar-refractivity contribution in [3.8, 4) is 0 Å². The Morgan fingerprint density at radius 1 is 1.38 bits per heavy atom. The van der Waals surface area contributed by atoms with Gasteiger partial charge in [-0.3, -0.25) is 4.79 Å². The van der Waals surface area contributed by atoms with E-state index in [0.717, 1.165) is 0 Å². The van der Waals surface area contributed by atoms with Crippen LogP contribution in [0.15, 0.2) is 35.5 Å². The zero-order chi connectivity index (χ0) is 19.6. The molecule has 6 nitrogen and oxygen atoms in total. The van der Waals surface area contributed by atoms with Crippen molar-refractivity contribution in [3.05, 3.63) is 35.5 Å². The molecule has 0 spiro atoms. The molecule has 1 fully saturated rings. The Hall–Kier alpha value is -1.92. The van der Waals surface area contributed by atoms with E-state index in [1.54, 1.807) is 32.9 Å². The summed E-state index contributed by atoms with van der Waals surface area (Å²) in [5.74, 6) is -2.07. The molecule has 144 valence electrons. The maximum absolute atomic E-state index is 12.4. The van der Waals surface area contributed by atoms with Gasteiger partial charge in [-0.2, -0.15) is 0 Å². The average molecular weight is 364 g/mol. The lowest BCUT2D eigenvalue weighted by molar-refractivity contribution is -0.162. The van der Waals surface area contributed by atoms with Gasteiger partial charge in [0, 0.05) is 5.57 Å². The molecule has 2 aliphatic rings. The van der Waals surface area contributed by atoms with Crippen molar-refractivity contribution < 1.29 is 29.3 Å². The Morgan fingerprint density at radius 2 is 2.04 bits per heavy atom. The lowest BCUT2D eigenvalue weighted by Crippen LogP contribution is -2.43. The van der Waals surface area contributed by atoms with Crippen LogP contribution in [0.3, 0.4) is 0 Å². The van der Waals surface area contributed by atoms with Gasteiger partial charge >= 0.3 is 11.9 Å². The Labute approximate surface area is 154 Å². The summed E-state index contributed by atoms with van der Waals surface area (Å²) in [5, 5.41) is 21.0. The summed E-state index contributed by atoms with van der Waals surface area (Å²) < 4.78 is 11.0. The fraction of sp³-hybridized carbons (Fsp3) is 0.600. The van der Waals surface area contributed by atoms with E-state index in [0.29, 0.717) is 24.0 Å². The molecule has 6 heteroatoms. The number of hydrogen-bond donors (Lipinski definition) is 2. The highest BCUT2D eigenvalue weighted by atomic mass is 16.6. The van der Waals surface area contributed by atoms with Gasteiger partial charge in [0.2, 0.25) is 0 Å². The van der Waals surface area contributed by atoms with Gasteiger partial charge in [0.15, 0.2) is 0 Å². The SMILES string of the molecule is C=C1C(=O)O[C@@H]2/C=C(/C)[C@@H](O)C/C=C(/C)[C@@H](O)[C@@H](OC(=O)[C@@H](C)CC)[C@@H]12. The van der Waals surface area contributed by atoms with Crippen LogP contribution in [0.25, 0.3) is 0 Å². The van der Waals surface area contributed by atoms with Crippen molar-refractivity contribution in [1.82, 2.24) is 0 Å². The third-order valence-electron chi connectivity index (χ3n) is 5.28. The topological polar surface area (TPSA) is 93.1 Å². The molecule has 0 aromatic carbocycles. The number of carbonyl (C=O) groups excluding carboxylic acids is 2. The molecule has 26 heavy (non-hydrogen) atoms. The predicted molar refractivity (Wildman–Crippen MR) is 96.0 cm³/mol. The molecule has 1 aliphatic heterocycles. The first-order valence-corrected chi connectivity index (χ1v) is 8.98. The normalized spacial score (nSPS) is 37.5. The van der Waals surface area contributed by atoms with Crippen LogP contribution in [-0.4, -0.2) is 46.6 Å². The maximum atomic E-state index is 12.4. The van der Waals surface area contributed by atoms with E-state index in [9.17, 15) is 19.8 Å². The molecular formula is C20H28O6. The third-order valence-corrected chi connectivity index (χ3v) is 5.28. The first-order valence-electron chi connectivity index (χ1n) is 8.98. The second-order valence-electron chi connectivity index (χ2n) is 7.19. The van der Waals surface area contributed by atoms with Crippen molar-refractivity contribution in [3.63, 3.8) is 0 Å². The summed E-state index contributed by atoms with van der Waals surface area (Å²) in [5.41, 5.74) is 1.37. The van der Waals surface area contributed by atoms with E-state index in [1.807, 2.05) is 6.92 Å². The number of carbonyl (C=O) groups is 2. The summed E-state index contributed by atoms with van der Waals surface area (Å²) in [4.78, 5) is 24.5. The monoisotopic (exact) mass is 364 g/mol. The van der Waals surface area contributed by atoms with Gasteiger partial charge in [-0.1, -0.05) is 26.5 Å². The minimum absolute atomic E-state index is 0.155. The molecule has 1 heterocycles. The molecule has 0 bridgehead atoms. The highest BCUT2D eigenvalue weighted by Crippen LogP contribution is 2.36. The quantitative estimate of drug-likeness (QED) is 0.452.